The molecule has 0 unspecified atom stereocenters. The first-order valence-electron chi connectivity index (χ1n) is 9.20. The molecular formula is C21H22N6O2. The van der Waals surface area contributed by atoms with Crippen LogP contribution in [0, 0.1) is 0 Å². The van der Waals surface area contributed by atoms with Crippen molar-refractivity contribution in [2.75, 3.05) is 31.8 Å². The predicted molar refractivity (Wildman–Crippen MR) is 113 cm³/mol. The Bertz CT molecular complexity index is 1110. The maximum atomic E-state index is 6.12. The number of aromatic nitrogens is 4. The Kier molecular flexibility index (Phi) is 5.15. The fourth-order valence-corrected chi connectivity index (χ4v) is 3.11. The van der Waals surface area contributed by atoms with E-state index in [-0.39, 0.29) is 0 Å². The first-order valence-corrected chi connectivity index (χ1v) is 9.20. The van der Waals surface area contributed by atoms with Crippen molar-refractivity contribution in [2.24, 2.45) is 0 Å². The third-order valence-electron chi connectivity index (χ3n) is 4.63. The molecule has 0 spiro atoms. The summed E-state index contributed by atoms with van der Waals surface area (Å²) in [5.41, 5.74) is 9.05. The summed E-state index contributed by atoms with van der Waals surface area (Å²) in [7, 11) is 3.17. The van der Waals surface area contributed by atoms with Gasteiger partial charge in [0.15, 0.2) is 11.5 Å². The molecule has 0 atom stereocenters. The molecule has 0 aliphatic rings. The average Bonchev–Trinajstić information content (AvgIpc) is 3.28. The second kappa shape index (κ2) is 8.05. The molecule has 0 saturated heterocycles. The minimum Gasteiger partial charge on any atom is -0.493 e. The van der Waals surface area contributed by atoms with Gasteiger partial charge in [-0.2, -0.15) is 10.1 Å². The highest BCUT2D eigenvalue weighted by Crippen LogP contribution is 2.33. The third kappa shape index (κ3) is 3.91. The van der Waals surface area contributed by atoms with Crippen molar-refractivity contribution in [3.05, 3.63) is 60.4 Å². The van der Waals surface area contributed by atoms with Gasteiger partial charge in [0.05, 0.1) is 25.4 Å². The van der Waals surface area contributed by atoms with Crippen LogP contribution in [-0.4, -0.2) is 40.5 Å². The zero-order chi connectivity index (χ0) is 20.2. The fraction of sp³-hybridized carbons (Fsp3) is 0.190. The molecule has 0 saturated carbocycles. The Morgan fingerprint density at radius 2 is 1.79 bits per heavy atom. The van der Waals surface area contributed by atoms with Crippen molar-refractivity contribution in [3.63, 3.8) is 0 Å². The van der Waals surface area contributed by atoms with Crippen molar-refractivity contribution in [3.8, 4) is 17.2 Å². The normalized spacial score (nSPS) is 10.8. The molecule has 0 aliphatic carbocycles. The summed E-state index contributed by atoms with van der Waals surface area (Å²) in [4.78, 5) is 8.91. The van der Waals surface area contributed by atoms with Crippen LogP contribution in [0.25, 0.3) is 16.6 Å². The molecule has 0 aliphatic heterocycles. The number of nitrogens with zero attached hydrogens (tertiary/aromatic N) is 4. The molecule has 4 rings (SSSR count). The maximum absolute atomic E-state index is 6.12. The van der Waals surface area contributed by atoms with E-state index in [9.17, 15) is 0 Å². The van der Waals surface area contributed by atoms with Gasteiger partial charge in [-0.15, -0.1) is 0 Å². The van der Waals surface area contributed by atoms with E-state index < -0.39 is 0 Å². The summed E-state index contributed by atoms with van der Waals surface area (Å²) in [6.07, 6.45) is 4.51. The Morgan fingerprint density at radius 3 is 2.48 bits per heavy atom. The lowest BCUT2D eigenvalue weighted by Gasteiger charge is -2.11. The van der Waals surface area contributed by atoms with Crippen LogP contribution in [0.4, 0.5) is 11.8 Å². The standard InChI is InChI=1S/C21H22N6O2/c1-28-18-12-16-17(13-19(18)29-2)25-21(26-20(16)22)23-10-8-14-4-6-15(7-5-14)27-11-3-9-24-27/h3-7,9,11-13H,8,10H2,1-2H3,(H3,22,23,25,26). The highest BCUT2D eigenvalue weighted by atomic mass is 16.5. The van der Waals surface area contributed by atoms with Gasteiger partial charge >= 0.3 is 0 Å². The average molecular weight is 390 g/mol. The largest absolute Gasteiger partial charge is 0.493 e. The van der Waals surface area contributed by atoms with Gasteiger partial charge in [-0.25, -0.2) is 9.67 Å². The van der Waals surface area contributed by atoms with E-state index in [4.69, 9.17) is 15.2 Å². The summed E-state index contributed by atoms with van der Waals surface area (Å²) < 4.78 is 12.5. The van der Waals surface area contributed by atoms with Gasteiger partial charge in [-0.1, -0.05) is 12.1 Å². The van der Waals surface area contributed by atoms with Gasteiger partial charge < -0.3 is 20.5 Å². The summed E-state index contributed by atoms with van der Waals surface area (Å²) >= 11 is 0. The lowest BCUT2D eigenvalue weighted by atomic mass is 10.1. The van der Waals surface area contributed by atoms with E-state index in [1.165, 1.54) is 5.56 Å². The highest BCUT2D eigenvalue weighted by Gasteiger charge is 2.11. The first-order chi connectivity index (χ1) is 14.2. The highest BCUT2D eigenvalue weighted by molar-refractivity contribution is 5.91. The van der Waals surface area contributed by atoms with Crippen LogP contribution in [0.1, 0.15) is 5.56 Å². The van der Waals surface area contributed by atoms with Gasteiger partial charge in [0.2, 0.25) is 5.95 Å². The number of nitrogen functional groups attached to an aromatic ring is 1. The molecule has 148 valence electrons. The molecule has 8 heteroatoms. The van der Waals surface area contributed by atoms with Crippen LogP contribution in [-0.2, 0) is 6.42 Å². The van der Waals surface area contributed by atoms with Crippen molar-refractivity contribution >= 4 is 22.7 Å². The number of nitrogens with one attached hydrogen (secondary N) is 1. The van der Waals surface area contributed by atoms with Gasteiger partial charge in [-0.05, 0) is 36.2 Å². The molecule has 0 bridgehead atoms. The topological polar surface area (TPSA) is 100 Å². The predicted octanol–water partition coefficient (Wildman–Crippen LogP) is 3.07. The Labute approximate surface area is 168 Å². The van der Waals surface area contributed by atoms with Crippen molar-refractivity contribution < 1.29 is 9.47 Å². The van der Waals surface area contributed by atoms with E-state index in [1.54, 1.807) is 32.5 Å². The molecule has 0 radical (unpaired) electrons. The lowest BCUT2D eigenvalue weighted by molar-refractivity contribution is 0.356. The van der Waals surface area contributed by atoms with Crippen LogP contribution in [0.2, 0.25) is 0 Å². The number of ether oxygens (including phenoxy) is 2. The van der Waals surface area contributed by atoms with Crippen LogP contribution >= 0.6 is 0 Å². The first kappa shape index (κ1) is 18.5. The van der Waals surface area contributed by atoms with Crippen LogP contribution in [0.15, 0.2) is 54.9 Å². The number of benzene rings is 2. The summed E-state index contributed by atoms with van der Waals surface area (Å²) in [6, 6.07) is 13.8. The minimum absolute atomic E-state index is 0.391. The summed E-state index contributed by atoms with van der Waals surface area (Å²) in [5, 5.41) is 8.20. The minimum atomic E-state index is 0.391. The van der Waals surface area contributed by atoms with Gasteiger partial charge in [0.1, 0.15) is 5.82 Å². The number of anilines is 2. The fourth-order valence-electron chi connectivity index (χ4n) is 3.11. The molecule has 2 aromatic carbocycles. The second-order valence-electron chi connectivity index (χ2n) is 6.45. The lowest BCUT2D eigenvalue weighted by Crippen LogP contribution is -2.09. The van der Waals surface area contributed by atoms with Crippen LogP contribution in [0.3, 0.4) is 0 Å². The molecule has 3 N–H and O–H groups in total. The monoisotopic (exact) mass is 390 g/mol. The SMILES string of the molecule is COc1cc2nc(NCCc3ccc(-n4cccn4)cc3)nc(N)c2cc1OC. The van der Waals surface area contributed by atoms with E-state index in [2.05, 4.69) is 32.5 Å². The summed E-state index contributed by atoms with van der Waals surface area (Å²) in [6.45, 7) is 0.680. The van der Waals surface area contributed by atoms with E-state index in [0.717, 1.165) is 17.5 Å². The molecule has 29 heavy (non-hydrogen) atoms. The molecule has 2 aromatic heterocycles. The number of rotatable bonds is 7. The molecule has 8 nitrogen and oxygen atoms in total. The van der Waals surface area contributed by atoms with Gasteiger partial charge in [0, 0.05) is 30.4 Å². The van der Waals surface area contributed by atoms with E-state index in [1.807, 2.05) is 29.1 Å². The summed E-state index contributed by atoms with van der Waals surface area (Å²) in [5.74, 6) is 2.06. The van der Waals surface area contributed by atoms with Gasteiger partial charge in [-0.3, -0.25) is 0 Å². The zero-order valence-corrected chi connectivity index (χ0v) is 16.3. The van der Waals surface area contributed by atoms with Crippen molar-refractivity contribution in [1.82, 2.24) is 19.7 Å². The Hall–Kier alpha value is -3.81. The number of nitrogens with two attached hydrogens (primary N) is 1. The van der Waals surface area contributed by atoms with Crippen LogP contribution < -0.4 is 20.5 Å². The molecule has 0 amide bonds. The van der Waals surface area contributed by atoms with Crippen molar-refractivity contribution in [1.29, 1.82) is 0 Å². The zero-order valence-electron chi connectivity index (χ0n) is 16.3. The Balaban J connectivity index is 1.45. The molecule has 4 aromatic rings. The number of hydrogen-bond donors (Lipinski definition) is 2. The number of methoxy groups -OCH3 is 2. The number of hydrogen-bond acceptors (Lipinski definition) is 7. The quantitative estimate of drug-likeness (QED) is 0.500. The second-order valence-corrected chi connectivity index (χ2v) is 6.45. The van der Waals surface area contributed by atoms with Crippen molar-refractivity contribution in [2.45, 2.75) is 6.42 Å². The van der Waals surface area contributed by atoms with Crippen LogP contribution in [0.5, 0.6) is 11.5 Å². The van der Waals surface area contributed by atoms with Gasteiger partial charge in [0.25, 0.3) is 0 Å². The molecule has 2 heterocycles. The van der Waals surface area contributed by atoms with E-state index >= 15 is 0 Å². The molecule has 0 fully saturated rings. The smallest absolute Gasteiger partial charge is 0.225 e. The maximum Gasteiger partial charge on any atom is 0.225 e. The molecular weight excluding hydrogens is 368 g/mol. The van der Waals surface area contributed by atoms with E-state index in [0.29, 0.717) is 35.3 Å². The Morgan fingerprint density at radius 1 is 1.03 bits per heavy atom. The third-order valence-corrected chi connectivity index (χ3v) is 4.63. The number of fused-ring (bicyclic) bond motifs is 1.